The van der Waals surface area contributed by atoms with Crippen LogP contribution < -0.4 is 9.64 Å². The van der Waals surface area contributed by atoms with Crippen LogP contribution in [0.4, 0.5) is 17.1 Å². The maximum atomic E-state index is 6.06. The molecular weight excluding hydrogens is 330 g/mol. The fourth-order valence-electron chi connectivity index (χ4n) is 3.39. The van der Waals surface area contributed by atoms with Crippen LogP contribution in [0.5, 0.6) is 5.75 Å². The van der Waals surface area contributed by atoms with Gasteiger partial charge in [-0.15, -0.1) is 0 Å². The van der Waals surface area contributed by atoms with Crippen molar-refractivity contribution in [2.75, 3.05) is 4.90 Å². The Hall–Kier alpha value is -3.26. The van der Waals surface area contributed by atoms with Crippen molar-refractivity contribution in [1.82, 2.24) is 0 Å². The third kappa shape index (κ3) is 3.52. The molecule has 4 aromatic rings. The highest BCUT2D eigenvalue weighted by molar-refractivity contribution is 6.01. The van der Waals surface area contributed by atoms with Crippen molar-refractivity contribution in [3.8, 4) is 5.75 Å². The van der Waals surface area contributed by atoms with E-state index in [-0.39, 0.29) is 6.10 Å². The van der Waals surface area contributed by atoms with Crippen LogP contribution >= 0.6 is 0 Å². The zero-order valence-electron chi connectivity index (χ0n) is 15.7. The Morgan fingerprint density at radius 2 is 1.11 bits per heavy atom. The Morgan fingerprint density at radius 1 is 0.593 bits per heavy atom. The second-order valence-corrected chi connectivity index (χ2v) is 6.80. The van der Waals surface area contributed by atoms with Gasteiger partial charge < -0.3 is 9.64 Å². The molecule has 2 heteroatoms. The molecule has 0 N–H and O–H groups in total. The maximum absolute atomic E-state index is 6.06. The monoisotopic (exact) mass is 353 g/mol. The van der Waals surface area contributed by atoms with E-state index in [1.165, 1.54) is 5.39 Å². The van der Waals surface area contributed by atoms with Crippen molar-refractivity contribution in [2.45, 2.75) is 20.0 Å². The van der Waals surface area contributed by atoms with Gasteiger partial charge in [0.05, 0.1) is 11.8 Å². The largest absolute Gasteiger partial charge is 0.490 e. The standard InChI is InChI=1S/C25H23NO/c1-19(2)27-25-18-17-24(22-15-9-10-16-23(22)25)26(20-11-5-3-6-12-20)21-13-7-4-8-14-21/h3-19H,1-2H3. The molecule has 0 bridgehead atoms. The van der Waals surface area contributed by atoms with Gasteiger partial charge in [0.1, 0.15) is 5.75 Å². The van der Waals surface area contributed by atoms with Gasteiger partial charge in [0.25, 0.3) is 0 Å². The van der Waals surface area contributed by atoms with Gasteiger partial charge in [0, 0.05) is 22.1 Å². The summed E-state index contributed by atoms with van der Waals surface area (Å²) >= 11 is 0. The summed E-state index contributed by atoms with van der Waals surface area (Å²) in [6.07, 6.45) is 0.138. The maximum Gasteiger partial charge on any atom is 0.127 e. The molecule has 0 atom stereocenters. The summed E-state index contributed by atoms with van der Waals surface area (Å²) in [6.45, 7) is 4.12. The Bertz CT molecular complexity index is 986. The minimum Gasteiger partial charge on any atom is -0.490 e. The fraction of sp³-hybridized carbons (Fsp3) is 0.120. The van der Waals surface area contributed by atoms with E-state index in [0.717, 1.165) is 28.2 Å². The van der Waals surface area contributed by atoms with Gasteiger partial charge >= 0.3 is 0 Å². The summed E-state index contributed by atoms with van der Waals surface area (Å²) in [5, 5.41) is 2.30. The topological polar surface area (TPSA) is 12.5 Å². The Balaban J connectivity index is 1.95. The van der Waals surface area contributed by atoms with E-state index in [9.17, 15) is 0 Å². The molecule has 0 unspecified atom stereocenters. The molecule has 0 aromatic heterocycles. The quantitative estimate of drug-likeness (QED) is 0.379. The third-order valence-corrected chi connectivity index (χ3v) is 4.49. The highest BCUT2D eigenvalue weighted by Crippen LogP contribution is 2.41. The first-order valence-corrected chi connectivity index (χ1v) is 9.32. The van der Waals surface area contributed by atoms with Gasteiger partial charge in [-0.2, -0.15) is 0 Å². The fourth-order valence-corrected chi connectivity index (χ4v) is 3.39. The molecule has 0 aliphatic rings. The first-order valence-electron chi connectivity index (χ1n) is 9.32. The van der Waals surface area contributed by atoms with Crippen LogP contribution in [0.2, 0.25) is 0 Å². The van der Waals surface area contributed by atoms with Crippen molar-refractivity contribution in [2.24, 2.45) is 0 Å². The molecule has 4 rings (SSSR count). The Labute approximate surface area is 160 Å². The predicted octanol–water partition coefficient (Wildman–Crippen LogP) is 7.10. The molecule has 0 aliphatic carbocycles. The van der Waals surface area contributed by atoms with Crippen LogP contribution in [0.15, 0.2) is 97.1 Å². The van der Waals surface area contributed by atoms with Crippen molar-refractivity contribution in [1.29, 1.82) is 0 Å². The van der Waals surface area contributed by atoms with Crippen molar-refractivity contribution >= 4 is 27.8 Å². The normalized spacial score (nSPS) is 10.9. The van der Waals surface area contributed by atoms with Crippen molar-refractivity contribution < 1.29 is 4.74 Å². The van der Waals surface area contributed by atoms with Crippen LogP contribution in [0.25, 0.3) is 10.8 Å². The van der Waals surface area contributed by atoms with Crippen LogP contribution in [-0.4, -0.2) is 6.10 Å². The number of rotatable bonds is 5. The molecule has 0 saturated heterocycles. The van der Waals surface area contributed by atoms with Gasteiger partial charge in [0.15, 0.2) is 0 Å². The SMILES string of the molecule is CC(C)Oc1ccc(N(c2ccccc2)c2ccccc2)c2ccccc12. The average molecular weight is 353 g/mol. The molecular formula is C25H23NO. The third-order valence-electron chi connectivity index (χ3n) is 4.49. The second kappa shape index (κ2) is 7.55. The summed E-state index contributed by atoms with van der Waals surface area (Å²) in [4.78, 5) is 2.29. The lowest BCUT2D eigenvalue weighted by atomic mass is 10.1. The number of benzene rings is 4. The van der Waals surface area contributed by atoms with E-state index in [2.05, 4.69) is 104 Å². The van der Waals surface area contributed by atoms with Gasteiger partial charge in [-0.1, -0.05) is 60.7 Å². The number of para-hydroxylation sites is 2. The molecule has 0 heterocycles. The highest BCUT2D eigenvalue weighted by atomic mass is 16.5. The average Bonchev–Trinajstić information content (AvgIpc) is 2.71. The van der Waals surface area contributed by atoms with Gasteiger partial charge in [-0.3, -0.25) is 0 Å². The Kier molecular flexibility index (Phi) is 4.80. The molecule has 134 valence electrons. The lowest BCUT2D eigenvalue weighted by Gasteiger charge is -2.27. The zero-order valence-corrected chi connectivity index (χ0v) is 15.7. The number of fused-ring (bicyclic) bond motifs is 1. The zero-order chi connectivity index (χ0) is 18.6. The molecule has 0 aliphatic heterocycles. The number of anilines is 3. The Morgan fingerprint density at radius 3 is 1.67 bits per heavy atom. The van der Waals surface area contributed by atoms with E-state index in [0.29, 0.717) is 0 Å². The van der Waals surface area contributed by atoms with Gasteiger partial charge in [-0.05, 0) is 50.2 Å². The van der Waals surface area contributed by atoms with Crippen LogP contribution in [0.3, 0.4) is 0 Å². The molecule has 2 nitrogen and oxygen atoms in total. The van der Waals surface area contributed by atoms with E-state index in [1.807, 2.05) is 12.1 Å². The first kappa shape index (κ1) is 17.2. The van der Waals surface area contributed by atoms with E-state index < -0.39 is 0 Å². The lowest BCUT2D eigenvalue weighted by molar-refractivity contribution is 0.245. The first-order chi connectivity index (χ1) is 13.2. The smallest absolute Gasteiger partial charge is 0.127 e. The molecule has 0 amide bonds. The van der Waals surface area contributed by atoms with Crippen molar-refractivity contribution in [3.63, 3.8) is 0 Å². The van der Waals surface area contributed by atoms with Crippen LogP contribution in [-0.2, 0) is 0 Å². The van der Waals surface area contributed by atoms with Gasteiger partial charge in [0.2, 0.25) is 0 Å². The summed E-state index contributed by atoms with van der Waals surface area (Å²) < 4.78 is 6.06. The molecule has 0 saturated carbocycles. The van der Waals surface area contributed by atoms with E-state index in [4.69, 9.17) is 4.74 Å². The van der Waals surface area contributed by atoms with E-state index in [1.54, 1.807) is 0 Å². The lowest BCUT2D eigenvalue weighted by Crippen LogP contribution is -2.11. The minimum absolute atomic E-state index is 0.138. The van der Waals surface area contributed by atoms with Crippen LogP contribution in [0.1, 0.15) is 13.8 Å². The summed E-state index contributed by atoms with van der Waals surface area (Å²) in [5.41, 5.74) is 3.40. The minimum atomic E-state index is 0.138. The molecule has 0 spiro atoms. The molecule has 27 heavy (non-hydrogen) atoms. The summed E-state index contributed by atoms with van der Waals surface area (Å²) in [5.74, 6) is 0.922. The van der Waals surface area contributed by atoms with Gasteiger partial charge in [-0.25, -0.2) is 0 Å². The number of hydrogen-bond acceptors (Lipinski definition) is 2. The number of ether oxygens (including phenoxy) is 1. The number of hydrogen-bond donors (Lipinski definition) is 0. The summed E-state index contributed by atoms with van der Waals surface area (Å²) in [7, 11) is 0. The van der Waals surface area contributed by atoms with Crippen molar-refractivity contribution in [3.05, 3.63) is 97.1 Å². The molecule has 0 fully saturated rings. The highest BCUT2D eigenvalue weighted by Gasteiger charge is 2.16. The molecule has 4 aromatic carbocycles. The second-order valence-electron chi connectivity index (χ2n) is 6.80. The van der Waals surface area contributed by atoms with E-state index >= 15 is 0 Å². The number of nitrogens with zero attached hydrogens (tertiary/aromatic N) is 1. The molecule has 0 radical (unpaired) electrons. The summed E-state index contributed by atoms with van der Waals surface area (Å²) in [6, 6.07) is 33.6. The predicted molar refractivity (Wildman–Crippen MR) is 114 cm³/mol. The van der Waals surface area contributed by atoms with Crippen LogP contribution in [0, 0.1) is 0 Å².